The van der Waals surface area contributed by atoms with Gasteiger partial charge in [0.25, 0.3) is 5.91 Å². The fourth-order valence-electron chi connectivity index (χ4n) is 3.95. The van der Waals surface area contributed by atoms with Crippen molar-refractivity contribution in [2.75, 3.05) is 18.5 Å². The highest BCUT2D eigenvalue weighted by atomic mass is 32.1. The zero-order valence-electron chi connectivity index (χ0n) is 23.3. The Labute approximate surface area is 240 Å². The standard InChI is InChI=1S/C32H36N4O3S/c1-4-6-7-8-19-39-29-18-11-24(20-30(29)38-5-2)21-33-36-31(37)26-14-12-25(13-15-26)28-22-40-32(35-28)34-27-16-9-23(3)10-17-27/h9-18,20-22H,4-8,19H2,1-3H3,(H,34,35)(H,36,37)/b33-21+. The Kier molecular flexibility index (Phi) is 10.7. The summed E-state index contributed by atoms with van der Waals surface area (Å²) in [6.07, 6.45) is 6.18. The molecule has 40 heavy (non-hydrogen) atoms. The Hall–Kier alpha value is -4.17. The van der Waals surface area contributed by atoms with Crippen molar-refractivity contribution in [3.8, 4) is 22.8 Å². The number of hydrogen-bond acceptors (Lipinski definition) is 7. The van der Waals surface area contributed by atoms with Crippen molar-refractivity contribution < 1.29 is 14.3 Å². The minimum atomic E-state index is -0.292. The molecule has 208 valence electrons. The van der Waals surface area contributed by atoms with Gasteiger partial charge in [0.1, 0.15) is 0 Å². The first kappa shape index (κ1) is 28.8. The predicted octanol–water partition coefficient (Wildman–Crippen LogP) is 7.98. The van der Waals surface area contributed by atoms with Crippen LogP contribution >= 0.6 is 11.3 Å². The van der Waals surface area contributed by atoms with Gasteiger partial charge >= 0.3 is 0 Å². The Morgan fingerprint density at radius 1 is 0.950 bits per heavy atom. The summed E-state index contributed by atoms with van der Waals surface area (Å²) in [6.45, 7) is 7.39. The largest absolute Gasteiger partial charge is 0.490 e. The van der Waals surface area contributed by atoms with Crippen LogP contribution in [-0.2, 0) is 0 Å². The van der Waals surface area contributed by atoms with Crippen LogP contribution in [-0.4, -0.2) is 30.3 Å². The molecule has 1 heterocycles. The number of unbranched alkanes of at least 4 members (excludes halogenated alkanes) is 3. The van der Waals surface area contributed by atoms with Crippen molar-refractivity contribution in [3.05, 3.63) is 88.8 Å². The Bertz CT molecular complexity index is 1400. The van der Waals surface area contributed by atoms with Crippen molar-refractivity contribution in [2.24, 2.45) is 5.10 Å². The summed E-state index contributed by atoms with van der Waals surface area (Å²) < 4.78 is 11.7. The molecule has 0 bridgehead atoms. The zero-order chi connectivity index (χ0) is 28.2. The molecule has 8 heteroatoms. The number of carbonyl (C=O) groups is 1. The number of carbonyl (C=O) groups excluding carboxylic acids is 1. The fraction of sp³-hybridized carbons (Fsp3) is 0.281. The van der Waals surface area contributed by atoms with Crippen LogP contribution in [0.4, 0.5) is 10.8 Å². The molecule has 0 aliphatic heterocycles. The van der Waals surface area contributed by atoms with Gasteiger partial charge in [-0.1, -0.05) is 56.0 Å². The molecule has 0 saturated heterocycles. The summed E-state index contributed by atoms with van der Waals surface area (Å²) in [4.78, 5) is 17.3. The average Bonchev–Trinajstić information content (AvgIpc) is 3.44. The van der Waals surface area contributed by atoms with Gasteiger partial charge in [-0.15, -0.1) is 11.3 Å². The molecule has 0 atom stereocenters. The molecule has 4 rings (SSSR count). The second-order valence-electron chi connectivity index (χ2n) is 9.35. The molecule has 1 amide bonds. The van der Waals surface area contributed by atoms with Crippen molar-refractivity contribution in [1.29, 1.82) is 0 Å². The van der Waals surface area contributed by atoms with Crippen LogP contribution in [0, 0.1) is 6.92 Å². The molecule has 0 fully saturated rings. The summed E-state index contributed by atoms with van der Waals surface area (Å²) >= 11 is 1.54. The van der Waals surface area contributed by atoms with Crippen LogP contribution < -0.4 is 20.2 Å². The summed E-state index contributed by atoms with van der Waals surface area (Å²) in [5.41, 5.74) is 7.90. The third-order valence-corrected chi connectivity index (χ3v) is 6.91. The summed E-state index contributed by atoms with van der Waals surface area (Å²) in [5, 5.41) is 10.3. The van der Waals surface area contributed by atoms with Crippen molar-refractivity contribution >= 4 is 34.3 Å². The highest BCUT2D eigenvalue weighted by Gasteiger charge is 2.09. The predicted molar refractivity (Wildman–Crippen MR) is 164 cm³/mol. The molecule has 0 aliphatic rings. The molecule has 2 N–H and O–H groups in total. The number of ether oxygens (including phenoxy) is 2. The normalized spacial score (nSPS) is 11.0. The lowest BCUT2D eigenvalue weighted by atomic mass is 10.1. The van der Waals surface area contributed by atoms with Crippen molar-refractivity contribution in [2.45, 2.75) is 46.5 Å². The molecular weight excluding hydrogens is 520 g/mol. The van der Waals surface area contributed by atoms with E-state index in [2.05, 4.69) is 46.8 Å². The van der Waals surface area contributed by atoms with Gasteiger partial charge in [0.15, 0.2) is 16.6 Å². The van der Waals surface area contributed by atoms with E-state index in [9.17, 15) is 4.79 Å². The summed E-state index contributed by atoms with van der Waals surface area (Å²) in [7, 11) is 0. The number of thiazole rings is 1. The van der Waals surface area contributed by atoms with Gasteiger partial charge in [-0.3, -0.25) is 4.79 Å². The van der Waals surface area contributed by atoms with E-state index in [1.807, 2.05) is 54.8 Å². The van der Waals surface area contributed by atoms with Gasteiger partial charge in [-0.2, -0.15) is 5.10 Å². The quantitative estimate of drug-likeness (QED) is 0.0934. The minimum absolute atomic E-state index is 0.292. The number of nitrogens with zero attached hydrogens (tertiary/aromatic N) is 2. The van der Waals surface area contributed by atoms with Gasteiger partial charge in [-0.05, 0) is 68.3 Å². The van der Waals surface area contributed by atoms with Gasteiger partial charge in [0.05, 0.1) is 25.1 Å². The second-order valence-corrected chi connectivity index (χ2v) is 10.2. The van der Waals surface area contributed by atoms with Crippen LogP contribution in [0.3, 0.4) is 0 Å². The van der Waals surface area contributed by atoms with Crippen LogP contribution in [0.15, 0.2) is 77.2 Å². The molecule has 0 unspecified atom stereocenters. The first-order chi connectivity index (χ1) is 19.6. The average molecular weight is 557 g/mol. The lowest BCUT2D eigenvalue weighted by Gasteiger charge is -2.12. The number of rotatable bonds is 14. The summed E-state index contributed by atoms with van der Waals surface area (Å²) in [5.74, 6) is 1.10. The number of hydrogen-bond donors (Lipinski definition) is 2. The molecule has 0 saturated carbocycles. The van der Waals surface area contributed by atoms with E-state index >= 15 is 0 Å². The third-order valence-electron chi connectivity index (χ3n) is 6.15. The summed E-state index contributed by atoms with van der Waals surface area (Å²) in [6, 6.07) is 21.1. The number of nitrogens with one attached hydrogen (secondary N) is 2. The first-order valence-electron chi connectivity index (χ1n) is 13.7. The molecular formula is C32H36N4O3S. The number of benzene rings is 3. The molecule has 1 aromatic heterocycles. The van der Waals surface area contributed by atoms with Gasteiger partial charge in [0, 0.05) is 22.2 Å². The van der Waals surface area contributed by atoms with E-state index in [1.165, 1.54) is 29.7 Å². The fourth-order valence-corrected chi connectivity index (χ4v) is 4.69. The van der Waals surface area contributed by atoms with Crippen molar-refractivity contribution in [1.82, 2.24) is 10.4 Å². The van der Waals surface area contributed by atoms with Crippen LogP contribution in [0.5, 0.6) is 11.5 Å². The van der Waals surface area contributed by atoms with E-state index < -0.39 is 0 Å². The number of aryl methyl sites for hydroxylation is 1. The van der Waals surface area contributed by atoms with Gasteiger partial charge in [-0.25, -0.2) is 10.4 Å². The van der Waals surface area contributed by atoms with Crippen LogP contribution in [0.2, 0.25) is 0 Å². The zero-order valence-corrected chi connectivity index (χ0v) is 24.1. The minimum Gasteiger partial charge on any atom is -0.490 e. The number of anilines is 2. The van der Waals surface area contributed by atoms with E-state index in [1.54, 1.807) is 18.3 Å². The SMILES string of the molecule is CCCCCCOc1ccc(/C=N/NC(=O)c2ccc(-c3csc(Nc4ccc(C)cc4)n3)cc2)cc1OCC. The van der Waals surface area contributed by atoms with Crippen LogP contribution in [0.1, 0.15) is 61.0 Å². The maximum atomic E-state index is 12.6. The van der Waals surface area contributed by atoms with Crippen LogP contribution in [0.25, 0.3) is 11.3 Å². The second kappa shape index (κ2) is 14.8. The number of aromatic nitrogens is 1. The van der Waals surface area contributed by atoms with E-state index in [-0.39, 0.29) is 5.91 Å². The lowest BCUT2D eigenvalue weighted by Crippen LogP contribution is -2.17. The molecule has 0 radical (unpaired) electrons. The Balaban J connectivity index is 1.31. The van der Waals surface area contributed by atoms with Gasteiger partial charge < -0.3 is 14.8 Å². The number of hydrazone groups is 1. The third kappa shape index (κ3) is 8.41. The Morgan fingerprint density at radius 2 is 1.75 bits per heavy atom. The Morgan fingerprint density at radius 3 is 2.50 bits per heavy atom. The van der Waals surface area contributed by atoms with Gasteiger partial charge in [0.2, 0.25) is 0 Å². The molecule has 3 aromatic carbocycles. The molecule has 4 aromatic rings. The number of amides is 1. The first-order valence-corrected chi connectivity index (χ1v) is 14.6. The van der Waals surface area contributed by atoms with Crippen molar-refractivity contribution in [3.63, 3.8) is 0 Å². The topological polar surface area (TPSA) is 84.8 Å². The maximum absolute atomic E-state index is 12.6. The van der Waals surface area contributed by atoms with E-state index in [0.717, 1.165) is 46.2 Å². The maximum Gasteiger partial charge on any atom is 0.271 e. The van der Waals surface area contributed by atoms with E-state index in [0.29, 0.717) is 24.5 Å². The van der Waals surface area contributed by atoms with E-state index in [4.69, 9.17) is 9.47 Å². The lowest BCUT2D eigenvalue weighted by molar-refractivity contribution is 0.0955. The molecule has 7 nitrogen and oxygen atoms in total. The highest BCUT2D eigenvalue weighted by Crippen LogP contribution is 2.29. The smallest absolute Gasteiger partial charge is 0.271 e. The monoisotopic (exact) mass is 556 g/mol. The highest BCUT2D eigenvalue weighted by molar-refractivity contribution is 7.14. The molecule has 0 aliphatic carbocycles. The molecule has 0 spiro atoms.